The van der Waals surface area contributed by atoms with Gasteiger partial charge in [0.05, 0.1) is 6.54 Å². The zero-order valence-corrected chi connectivity index (χ0v) is 18.2. The van der Waals surface area contributed by atoms with Gasteiger partial charge in [0.25, 0.3) is 0 Å². The van der Waals surface area contributed by atoms with Crippen molar-refractivity contribution in [3.63, 3.8) is 0 Å². The van der Waals surface area contributed by atoms with Crippen molar-refractivity contribution < 1.29 is 24.3 Å². The van der Waals surface area contributed by atoms with E-state index in [1.165, 1.54) is 4.90 Å². The lowest BCUT2D eigenvalue weighted by Gasteiger charge is -2.31. The average Bonchev–Trinajstić information content (AvgIpc) is 3.22. The van der Waals surface area contributed by atoms with Gasteiger partial charge in [0.2, 0.25) is 17.7 Å². The van der Waals surface area contributed by atoms with E-state index in [1.54, 1.807) is 6.92 Å². The number of guanidine groups is 1. The molecule has 1 heterocycles. The summed E-state index contributed by atoms with van der Waals surface area (Å²) >= 11 is 0. The van der Waals surface area contributed by atoms with Crippen molar-refractivity contribution in [2.75, 3.05) is 19.6 Å². The Balaban J connectivity index is 2.96. The number of hydrogen-bond acceptors (Lipinski definition) is 6. The van der Waals surface area contributed by atoms with Crippen LogP contribution in [0.1, 0.15) is 46.0 Å². The smallest absolute Gasteiger partial charge is 0.326 e. The predicted molar refractivity (Wildman–Crippen MR) is 115 cm³/mol. The van der Waals surface area contributed by atoms with Gasteiger partial charge in [-0.2, -0.15) is 0 Å². The van der Waals surface area contributed by atoms with Crippen LogP contribution in [0.5, 0.6) is 0 Å². The molecule has 0 radical (unpaired) electrons. The Kier molecular flexibility index (Phi) is 10.7. The molecule has 0 aromatic carbocycles. The highest BCUT2D eigenvalue weighted by Crippen LogP contribution is 2.21. The Morgan fingerprint density at radius 2 is 1.90 bits per heavy atom. The van der Waals surface area contributed by atoms with Crippen LogP contribution in [0.2, 0.25) is 0 Å². The molecule has 4 atom stereocenters. The quantitative estimate of drug-likeness (QED) is 0.114. The van der Waals surface area contributed by atoms with Crippen molar-refractivity contribution in [1.82, 2.24) is 15.5 Å². The van der Waals surface area contributed by atoms with Crippen molar-refractivity contribution >= 4 is 29.7 Å². The molecule has 9 N–H and O–H groups in total. The second-order valence-electron chi connectivity index (χ2n) is 7.67. The van der Waals surface area contributed by atoms with Gasteiger partial charge >= 0.3 is 5.97 Å². The Hall–Kier alpha value is -2.89. The molecule has 0 aliphatic carbocycles. The molecule has 4 unspecified atom stereocenters. The molecule has 1 fully saturated rings. The molecule has 1 saturated heterocycles. The van der Waals surface area contributed by atoms with Crippen LogP contribution in [-0.4, -0.2) is 77.4 Å². The fourth-order valence-corrected chi connectivity index (χ4v) is 3.43. The van der Waals surface area contributed by atoms with Crippen molar-refractivity contribution in [2.24, 2.45) is 28.1 Å². The zero-order valence-electron chi connectivity index (χ0n) is 18.2. The van der Waals surface area contributed by atoms with Gasteiger partial charge in [-0.1, -0.05) is 20.3 Å². The third-order valence-corrected chi connectivity index (χ3v) is 5.38. The number of carboxylic acids is 1. The number of nitrogens with two attached hydrogens (primary N) is 3. The third-order valence-electron chi connectivity index (χ3n) is 5.38. The van der Waals surface area contributed by atoms with E-state index in [-0.39, 0.29) is 31.4 Å². The fraction of sp³-hybridized carbons (Fsp3) is 0.737. The number of aliphatic carboxylic acids is 1. The minimum Gasteiger partial charge on any atom is -0.480 e. The van der Waals surface area contributed by atoms with Crippen LogP contribution in [0.25, 0.3) is 0 Å². The highest BCUT2D eigenvalue weighted by Gasteiger charge is 2.39. The maximum absolute atomic E-state index is 13.1. The molecule has 0 bridgehead atoms. The first-order valence-electron chi connectivity index (χ1n) is 10.5. The third kappa shape index (κ3) is 8.04. The lowest BCUT2D eigenvalue weighted by atomic mass is 9.96. The van der Waals surface area contributed by atoms with Gasteiger partial charge in [0, 0.05) is 13.1 Å². The van der Waals surface area contributed by atoms with Gasteiger partial charge in [0.15, 0.2) is 5.96 Å². The number of likely N-dealkylation sites (tertiary alicyclic amines) is 1. The summed E-state index contributed by atoms with van der Waals surface area (Å²) in [5.41, 5.74) is 15.9. The summed E-state index contributed by atoms with van der Waals surface area (Å²) in [6.45, 7) is 3.98. The monoisotopic (exact) mass is 441 g/mol. The van der Waals surface area contributed by atoms with E-state index in [9.17, 15) is 24.3 Å². The Labute approximate surface area is 182 Å². The van der Waals surface area contributed by atoms with Crippen LogP contribution in [0.3, 0.4) is 0 Å². The topological polar surface area (TPSA) is 206 Å². The SMILES string of the molecule is CCC(C)C(NC(=O)C(CCCN=C(N)N)NC(=O)CN)C(=O)N1CCCC1C(=O)O. The van der Waals surface area contributed by atoms with Crippen LogP contribution in [-0.2, 0) is 19.2 Å². The second kappa shape index (κ2) is 12.7. The van der Waals surface area contributed by atoms with Gasteiger partial charge in [-0.15, -0.1) is 0 Å². The number of nitrogens with zero attached hydrogens (tertiary/aromatic N) is 2. The Morgan fingerprint density at radius 1 is 1.23 bits per heavy atom. The van der Waals surface area contributed by atoms with Gasteiger partial charge in [-0.25, -0.2) is 4.79 Å². The minimum atomic E-state index is -1.06. The summed E-state index contributed by atoms with van der Waals surface area (Å²) < 4.78 is 0. The number of carboxylic acid groups (broad SMARTS) is 1. The van der Waals surface area contributed by atoms with Gasteiger partial charge < -0.3 is 37.8 Å². The molecular weight excluding hydrogens is 406 g/mol. The fourth-order valence-electron chi connectivity index (χ4n) is 3.43. The molecule has 1 rings (SSSR count). The summed E-state index contributed by atoms with van der Waals surface area (Å²) in [7, 11) is 0. The van der Waals surface area contributed by atoms with Crippen molar-refractivity contribution in [1.29, 1.82) is 0 Å². The molecule has 1 aliphatic heterocycles. The van der Waals surface area contributed by atoms with Crippen molar-refractivity contribution in [3.05, 3.63) is 0 Å². The molecule has 31 heavy (non-hydrogen) atoms. The van der Waals surface area contributed by atoms with E-state index in [0.717, 1.165) is 0 Å². The van der Waals surface area contributed by atoms with E-state index < -0.39 is 41.8 Å². The van der Waals surface area contributed by atoms with E-state index in [0.29, 0.717) is 32.2 Å². The summed E-state index contributed by atoms with van der Waals surface area (Å²) in [6, 6.07) is -2.74. The number of rotatable bonds is 12. The van der Waals surface area contributed by atoms with E-state index >= 15 is 0 Å². The lowest BCUT2D eigenvalue weighted by molar-refractivity contribution is -0.150. The molecule has 176 valence electrons. The molecule has 0 saturated carbocycles. The first-order chi connectivity index (χ1) is 14.6. The largest absolute Gasteiger partial charge is 0.480 e. The van der Waals surface area contributed by atoms with Gasteiger partial charge in [-0.05, 0) is 31.6 Å². The minimum absolute atomic E-state index is 0.0759. The highest BCUT2D eigenvalue weighted by molar-refractivity contribution is 5.94. The number of carbonyl (C=O) groups excluding carboxylic acids is 3. The number of amides is 3. The Morgan fingerprint density at radius 3 is 2.45 bits per heavy atom. The highest BCUT2D eigenvalue weighted by atomic mass is 16.4. The van der Waals surface area contributed by atoms with E-state index in [1.807, 2.05) is 6.92 Å². The van der Waals surface area contributed by atoms with Crippen molar-refractivity contribution in [2.45, 2.75) is 64.1 Å². The van der Waals surface area contributed by atoms with Crippen LogP contribution in [0.4, 0.5) is 0 Å². The molecule has 0 aromatic rings. The molecular formula is C19H35N7O5. The maximum Gasteiger partial charge on any atom is 0.326 e. The first kappa shape index (κ1) is 26.1. The molecule has 12 heteroatoms. The van der Waals surface area contributed by atoms with E-state index in [4.69, 9.17) is 17.2 Å². The molecule has 3 amide bonds. The zero-order chi connectivity index (χ0) is 23.6. The van der Waals surface area contributed by atoms with Crippen LogP contribution < -0.4 is 27.8 Å². The van der Waals surface area contributed by atoms with Crippen LogP contribution >= 0.6 is 0 Å². The average molecular weight is 442 g/mol. The van der Waals surface area contributed by atoms with Gasteiger partial charge in [-0.3, -0.25) is 19.4 Å². The molecule has 12 nitrogen and oxygen atoms in total. The van der Waals surface area contributed by atoms with E-state index in [2.05, 4.69) is 15.6 Å². The van der Waals surface area contributed by atoms with Gasteiger partial charge in [0.1, 0.15) is 18.1 Å². The maximum atomic E-state index is 13.1. The molecule has 0 aromatic heterocycles. The number of carbonyl (C=O) groups is 4. The number of hydrogen-bond donors (Lipinski definition) is 6. The number of nitrogens with one attached hydrogen (secondary N) is 2. The van der Waals surface area contributed by atoms with Crippen LogP contribution in [0.15, 0.2) is 4.99 Å². The van der Waals surface area contributed by atoms with Crippen LogP contribution in [0, 0.1) is 5.92 Å². The first-order valence-corrected chi connectivity index (χ1v) is 10.5. The molecule has 1 aliphatic rings. The van der Waals surface area contributed by atoms with Crippen molar-refractivity contribution in [3.8, 4) is 0 Å². The number of aliphatic imine (C=N–C) groups is 1. The predicted octanol–water partition coefficient (Wildman–Crippen LogP) is -1.91. The summed E-state index contributed by atoms with van der Waals surface area (Å²) in [5.74, 6) is -2.87. The Bertz CT molecular complexity index is 681. The normalized spacial score (nSPS) is 18.5. The molecule has 0 spiro atoms. The lowest BCUT2D eigenvalue weighted by Crippen LogP contribution is -2.58. The summed E-state index contributed by atoms with van der Waals surface area (Å²) in [4.78, 5) is 54.5. The summed E-state index contributed by atoms with van der Waals surface area (Å²) in [5, 5.41) is 14.7. The standard InChI is InChI=1S/C19H35N7O5/c1-3-11(2)15(17(29)26-9-5-7-13(26)18(30)31)25-16(28)12(24-14(27)10-20)6-4-8-23-19(21)22/h11-13,15H,3-10,20H2,1-2H3,(H,24,27)(H,25,28)(H,30,31)(H4,21,22,23). The second-order valence-corrected chi connectivity index (χ2v) is 7.67. The summed E-state index contributed by atoms with van der Waals surface area (Å²) in [6.07, 6.45) is 2.20.